The normalized spacial score (nSPS) is 14.1. The molecular formula is C29H32N2O5S. The minimum absolute atomic E-state index is 0.136. The van der Waals surface area contributed by atoms with Gasteiger partial charge >= 0.3 is 11.9 Å². The van der Waals surface area contributed by atoms with Gasteiger partial charge in [0.05, 0.1) is 6.04 Å². The molecule has 3 N–H and O–H groups in total. The van der Waals surface area contributed by atoms with E-state index in [1.807, 2.05) is 23.9 Å². The molecule has 3 aromatic carbocycles. The molecular weight excluding hydrogens is 488 g/mol. The summed E-state index contributed by atoms with van der Waals surface area (Å²) in [4.78, 5) is 22.6. The Balaban J connectivity index is 0.000000414. The predicted molar refractivity (Wildman–Crippen MR) is 148 cm³/mol. The van der Waals surface area contributed by atoms with E-state index in [4.69, 9.17) is 14.9 Å². The second kappa shape index (κ2) is 13.5. The third kappa shape index (κ3) is 8.70. The number of rotatable bonds is 8. The van der Waals surface area contributed by atoms with Gasteiger partial charge in [0, 0.05) is 35.0 Å². The average Bonchev–Trinajstić information content (AvgIpc) is 3.01. The van der Waals surface area contributed by atoms with Crippen molar-refractivity contribution in [2.24, 2.45) is 0 Å². The SMILES string of the molecule is Cc1ccc2c(c1)C(Nc1ccc(OCCN(C)C)cc1)c1ccccc1CS2.O=C(O)/C=C\C(=O)O. The van der Waals surface area contributed by atoms with E-state index in [0.29, 0.717) is 18.8 Å². The van der Waals surface area contributed by atoms with Crippen molar-refractivity contribution < 1.29 is 24.5 Å². The third-order valence-corrected chi connectivity index (χ3v) is 6.70. The van der Waals surface area contributed by atoms with Crippen molar-refractivity contribution in [3.05, 3.63) is 101 Å². The third-order valence-electron chi connectivity index (χ3n) is 5.57. The van der Waals surface area contributed by atoms with Gasteiger partial charge < -0.3 is 25.2 Å². The zero-order valence-corrected chi connectivity index (χ0v) is 22.0. The molecule has 194 valence electrons. The van der Waals surface area contributed by atoms with Crippen LogP contribution < -0.4 is 10.1 Å². The first kappa shape index (κ1) is 27.8. The van der Waals surface area contributed by atoms with Crippen molar-refractivity contribution >= 4 is 29.4 Å². The van der Waals surface area contributed by atoms with Crippen molar-refractivity contribution in [3.8, 4) is 5.75 Å². The van der Waals surface area contributed by atoms with Crippen LogP contribution in [-0.2, 0) is 15.3 Å². The molecule has 37 heavy (non-hydrogen) atoms. The number of benzene rings is 3. The number of carboxylic acids is 2. The number of likely N-dealkylation sites (N-methyl/N-ethyl adjacent to an activating group) is 1. The minimum atomic E-state index is -1.26. The van der Waals surface area contributed by atoms with E-state index in [9.17, 15) is 9.59 Å². The molecule has 0 saturated carbocycles. The van der Waals surface area contributed by atoms with Gasteiger partial charge in [0.15, 0.2) is 0 Å². The number of hydrogen-bond acceptors (Lipinski definition) is 6. The van der Waals surface area contributed by atoms with Crippen LogP contribution in [0.4, 0.5) is 5.69 Å². The maximum absolute atomic E-state index is 9.55. The van der Waals surface area contributed by atoms with E-state index >= 15 is 0 Å². The zero-order chi connectivity index (χ0) is 26.8. The molecule has 0 spiro atoms. The Labute approximate surface area is 221 Å². The molecule has 0 aliphatic carbocycles. The number of anilines is 1. The maximum atomic E-state index is 9.55. The average molecular weight is 521 g/mol. The van der Waals surface area contributed by atoms with Crippen LogP contribution in [0, 0.1) is 6.92 Å². The first-order chi connectivity index (χ1) is 17.7. The van der Waals surface area contributed by atoms with Gasteiger partial charge in [-0.05, 0) is 68.0 Å². The van der Waals surface area contributed by atoms with E-state index < -0.39 is 11.9 Å². The number of ether oxygens (including phenoxy) is 1. The molecule has 0 amide bonds. The lowest BCUT2D eigenvalue weighted by Gasteiger charge is -2.23. The molecule has 1 aliphatic rings. The number of nitrogens with zero attached hydrogens (tertiary/aromatic N) is 1. The number of thioether (sulfide) groups is 1. The van der Waals surface area contributed by atoms with Crippen LogP contribution >= 0.6 is 11.8 Å². The van der Waals surface area contributed by atoms with Gasteiger partial charge in [-0.3, -0.25) is 0 Å². The monoisotopic (exact) mass is 520 g/mol. The van der Waals surface area contributed by atoms with Gasteiger partial charge in [-0.2, -0.15) is 0 Å². The summed E-state index contributed by atoms with van der Waals surface area (Å²) in [5, 5.41) is 19.4. The Morgan fingerprint density at radius 1 is 1.00 bits per heavy atom. The lowest BCUT2D eigenvalue weighted by Crippen LogP contribution is -2.19. The fourth-order valence-electron chi connectivity index (χ4n) is 3.75. The minimum Gasteiger partial charge on any atom is -0.492 e. The molecule has 3 aromatic rings. The number of carbonyl (C=O) groups is 2. The van der Waals surface area contributed by atoms with Crippen molar-refractivity contribution in [2.75, 3.05) is 32.6 Å². The topological polar surface area (TPSA) is 99.1 Å². The fraction of sp³-hybridized carbons (Fsp3) is 0.241. The van der Waals surface area contributed by atoms with Crippen LogP contribution in [0.2, 0.25) is 0 Å². The molecule has 1 unspecified atom stereocenters. The van der Waals surface area contributed by atoms with Crippen LogP contribution in [0.5, 0.6) is 5.75 Å². The van der Waals surface area contributed by atoms with E-state index in [0.717, 1.165) is 23.7 Å². The zero-order valence-electron chi connectivity index (χ0n) is 21.2. The highest BCUT2D eigenvalue weighted by molar-refractivity contribution is 7.98. The van der Waals surface area contributed by atoms with Crippen LogP contribution in [0.3, 0.4) is 0 Å². The van der Waals surface area contributed by atoms with E-state index in [2.05, 4.69) is 85.8 Å². The first-order valence-corrected chi connectivity index (χ1v) is 12.8. The highest BCUT2D eigenvalue weighted by Gasteiger charge is 2.24. The summed E-state index contributed by atoms with van der Waals surface area (Å²) >= 11 is 1.93. The first-order valence-electron chi connectivity index (χ1n) is 11.8. The van der Waals surface area contributed by atoms with Crippen LogP contribution in [0.15, 0.2) is 83.8 Å². The van der Waals surface area contributed by atoms with Crippen molar-refractivity contribution in [1.82, 2.24) is 4.90 Å². The van der Waals surface area contributed by atoms with Crippen molar-refractivity contribution in [3.63, 3.8) is 0 Å². The summed E-state index contributed by atoms with van der Waals surface area (Å²) in [7, 11) is 4.11. The lowest BCUT2D eigenvalue weighted by molar-refractivity contribution is -0.134. The molecule has 0 fully saturated rings. The summed E-state index contributed by atoms with van der Waals surface area (Å²) in [5.74, 6) is -0.603. The number of nitrogens with one attached hydrogen (secondary N) is 1. The molecule has 0 aromatic heterocycles. The maximum Gasteiger partial charge on any atom is 0.328 e. The quantitative estimate of drug-likeness (QED) is 0.337. The molecule has 7 nitrogen and oxygen atoms in total. The second-order valence-electron chi connectivity index (χ2n) is 8.79. The van der Waals surface area contributed by atoms with Gasteiger partial charge in [-0.1, -0.05) is 42.0 Å². The number of hydrogen-bond donors (Lipinski definition) is 3. The van der Waals surface area contributed by atoms with Gasteiger partial charge in [0.2, 0.25) is 0 Å². The molecule has 1 heterocycles. The smallest absolute Gasteiger partial charge is 0.328 e. The molecule has 4 rings (SSSR count). The van der Waals surface area contributed by atoms with Gasteiger partial charge in [-0.25, -0.2) is 9.59 Å². The largest absolute Gasteiger partial charge is 0.492 e. The molecule has 1 atom stereocenters. The van der Waals surface area contributed by atoms with Gasteiger partial charge in [0.25, 0.3) is 0 Å². The Hall–Kier alpha value is -3.75. The molecule has 0 radical (unpaired) electrons. The Bertz CT molecular complexity index is 1230. The summed E-state index contributed by atoms with van der Waals surface area (Å²) in [5.41, 5.74) is 6.50. The summed E-state index contributed by atoms with van der Waals surface area (Å²) in [6.07, 6.45) is 1.12. The highest BCUT2D eigenvalue weighted by atomic mass is 32.2. The van der Waals surface area contributed by atoms with E-state index in [-0.39, 0.29) is 6.04 Å². The Morgan fingerprint density at radius 3 is 2.32 bits per heavy atom. The molecule has 8 heteroatoms. The lowest BCUT2D eigenvalue weighted by atomic mass is 9.94. The van der Waals surface area contributed by atoms with E-state index in [1.165, 1.54) is 27.1 Å². The van der Waals surface area contributed by atoms with E-state index in [1.54, 1.807) is 0 Å². The predicted octanol–water partition coefficient (Wildman–Crippen LogP) is 5.45. The van der Waals surface area contributed by atoms with Crippen LogP contribution in [0.25, 0.3) is 0 Å². The summed E-state index contributed by atoms with van der Waals surface area (Å²) in [6.45, 7) is 3.77. The molecule has 0 bridgehead atoms. The molecule has 1 aliphatic heterocycles. The number of aliphatic carboxylic acids is 2. The second-order valence-corrected chi connectivity index (χ2v) is 9.81. The summed E-state index contributed by atoms with van der Waals surface area (Å²) in [6, 6.07) is 24.0. The summed E-state index contributed by atoms with van der Waals surface area (Å²) < 4.78 is 5.84. The Morgan fingerprint density at radius 2 is 1.68 bits per heavy atom. The van der Waals surface area contributed by atoms with Gasteiger partial charge in [0.1, 0.15) is 12.4 Å². The van der Waals surface area contributed by atoms with Crippen molar-refractivity contribution in [2.45, 2.75) is 23.6 Å². The fourth-order valence-corrected chi connectivity index (χ4v) is 4.84. The number of carboxylic acid groups (broad SMARTS) is 2. The van der Waals surface area contributed by atoms with Crippen LogP contribution in [0.1, 0.15) is 28.3 Å². The molecule has 0 saturated heterocycles. The standard InChI is InChI=1S/C25H28N2OS.C4H4O4/c1-18-8-13-24-23(16-18)25(22-7-5-4-6-19(22)17-29-24)26-20-9-11-21(12-10-20)28-15-14-27(2)3;5-3(6)1-2-4(7)8/h4-13,16,25-26H,14-15,17H2,1-3H3;1-2H,(H,5,6)(H,7,8)/b;2-1-. The van der Waals surface area contributed by atoms with Gasteiger partial charge in [-0.15, -0.1) is 11.8 Å². The number of fused-ring (bicyclic) bond motifs is 2. The Kier molecular flexibility index (Phi) is 10.2. The van der Waals surface area contributed by atoms with Crippen LogP contribution in [-0.4, -0.2) is 54.3 Å². The van der Waals surface area contributed by atoms with Crippen molar-refractivity contribution in [1.29, 1.82) is 0 Å². The highest BCUT2D eigenvalue weighted by Crippen LogP contribution is 2.41. The number of aryl methyl sites for hydroxylation is 1.